The van der Waals surface area contributed by atoms with Gasteiger partial charge in [0.15, 0.2) is 11.5 Å². The number of hydrogen-bond donors (Lipinski definition) is 0. The molecule has 4 rings (SSSR count). The van der Waals surface area contributed by atoms with Gasteiger partial charge in [-0.25, -0.2) is 4.98 Å². The molecule has 1 unspecified atom stereocenters. The molecule has 0 saturated carbocycles. The lowest BCUT2D eigenvalue weighted by Gasteiger charge is -2.34. The van der Waals surface area contributed by atoms with Crippen molar-refractivity contribution in [3.8, 4) is 0 Å². The highest BCUT2D eigenvalue weighted by Crippen LogP contribution is 2.21. The fourth-order valence-corrected chi connectivity index (χ4v) is 3.05. The first-order chi connectivity index (χ1) is 12.2. The molecular weight excluding hydrogens is 324 g/mol. The zero-order valence-corrected chi connectivity index (χ0v) is 14.3. The number of anilines is 1. The molecule has 1 aliphatic heterocycles. The third-order valence-corrected chi connectivity index (χ3v) is 4.12. The van der Waals surface area contributed by atoms with Gasteiger partial charge in [-0.2, -0.15) is 14.6 Å². The summed E-state index contributed by atoms with van der Waals surface area (Å²) < 4.78 is 18.0. The Balaban J connectivity index is 1.51. The molecule has 0 bridgehead atoms. The number of morpholine rings is 1. The van der Waals surface area contributed by atoms with Crippen molar-refractivity contribution in [1.82, 2.24) is 24.7 Å². The van der Waals surface area contributed by atoms with Crippen molar-refractivity contribution < 1.29 is 14.0 Å². The van der Waals surface area contributed by atoms with Crippen LogP contribution in [0.3, 0.4) is 0 Å². The maximum Gasteiger partial charge on any atom is 0.229 e. The predicted octanol–water partition coefficient (Wildman–Crippen LogP) is 1.02. The van der Waals surface area contributed by atoms with Crippen LogP contribution in [0.2, 0.25) is 0 Å². The topological polar surface area (TPSA) is 90.8 Å². The molecule has 1 aliphatic rings. The first-order valence-electron chi connectivity index (χ1n) is 8.21. The van der Waals surface area contributed by atoms with Crippen molar-refractivity contribution >= 4 is 11.5 Å². The van der Waals surface area contributed by atoms with E-state index in [2.05, 4.69) is 25.1 Å². The Bertz CT molecular complexity index is 861. The van der Waals surface area contributed by atoms with Crippen LogP contribution in [0.5, 0.6) is 0 Å². The molecule has 3 aromatic rings. The van der Waals surface area contributed by atoms with E-state index in [0.717, 1.165) is 30.2 Å². The highest BCUT2D eigenvalue weighted by molar-refractivity contribution is 5.51. The summed E-state index contributed by atoms with van der Waals surface area (Å²) in [4.78, 5) is 11.1. The van der Waals surface area contributed by atoms with Gasteiger partial charge in [-0.1, -0.05) is 5.16 Å². The third-order valence-electron chi connectivity index (χ3n) is 4.12. The summed E-state index contributed by atoms with van der Waals surface area (Å²) in [7, 11) is 1.60. The van der Waals surface area contributed by atoms with Gasteiger partial charge in [0.1, 0.15) is 12.4 Å². The number of fused-ring (bicyclic) bond motifs is 1. The van der Waals surface area contributed by atoms with E-state index >= 15 is 0 Å². The minimum Gasteiger partial charge on any atom is -0.377 e. The summed E-state index contributed by atoms with van der Waals surface area (Å²) in [6.45, 7) is 4.49. The molecule has 132 valence electrons. The first kappa shape index (κ1) is 16.0. The van der Waals surface area contributed by atoms with Crippen molar-refractivity contribution in [3.05, 3.63) is 35.7 Å². The van der Waals surface area contributed by atoms with E-state index in [4.69, 9.17) is 14.0 Å². The molecule has 0 aromatic carbocycles. The van der Waals surface area contributed by atoms with E-state index in [1.165, 1.54) is 0 Å². The van der Waals surface area contributed by atoms with Gasteiger partial charge in [-0.05, 0) is 6.92 Å². The van der Waals surface area contributed by atoms with Gasteiger partial charge in [-0.15, -0.1) is 0 Å². The summed E-state index contributed by atoms with van der Waals surface area (Å²) in [5.41, 5.74) is 1.81. The minimum absolute atomic E-state index is 0.0244. The van der Waals surface area contributed by atoms with Gasteiger partial charge in [-0.3, -0.25) is 0 Å². The summed E-state index contributed by atoms with van der Waals surface area (Å²) >= 11 is 0. The molecular formula is C16H20N6O3. The van der Waals surface area contributed by atoms with Gasteiger partial charge in [0, 0.05) is 38.0 Å². The van der Waals surface area contributed by atoms with Crippen LogP contribution in [0.1, 0.15) is 17.4 Å². The van der Waals surface area contributed by atoms with Crippen molar-refractivity contribution in [2.24, 2.45) is 0 Å². The Kier molecular flexibility index (Phi) is 4.33. The van der Waals surface area contributed by atoms with Gasteiger partial charge in [0.25, 0.3) is 0 Å². The second-order valence-electron chi connectivity index (χ2n) is 6.04. The van der Waals surface area contributed by atoms with Crippen LogP contribution in [-0.4, -0.2) is 57.6 Å². The summed E-state index contributed by atoms with van der Waals surface area (Å²) in [5.74, 6) is 2.13. The fraction of sp³-hybridized carbons (Fsp3) is 0.500. The zero-order valence-electron chi connectivity index (χ0n) is 14.3. The van der Waals surface area contributed by atoms with Crippen LogP contribution < -0.4 is 4.90 Å². The van der Waals surface area contributed by atoms with E-state index in [-0.39, 0.29) is 6.10 Å². The number of methoxy groups -OCH3 is 1. The molecule has 0 N–H and O–H groups in total. The number of nitrogens with zero attached hydrogens (tertiary/aromatic N) is 6. The van der Waals surface area contributed by atoms with Crippen LogP contribution in [0, 0.1) is 6.92 Å². The van der Waals surface area contributed by atoms with Crippen LogP contribution >= 0.6 is 0 Å². The normalized spacial score (nSPS) is 18.2. The smallest absolute Gasteiger partial charge is 0.229 e. The molecule has 1 saturated heterocycles. The summed E-state index contributed by atoms with van der Waals surface area (Å²) in [6.07, 6.45) is 2.31. The molecule has 1 atom stereocenters. The molecule has 1 fully saturated rings. The van der Waals surface area contributed by atoms with E-state index in [9.17, 15) is 0 Å². The molecule has 0 radical (unpaired) electrons. The highest BCUT2D eigenvalue weighted by Gasteiger charge is 2.25. The van der Waals surface area contributed by atoms with Gasteiger partial charge < -0.3 is 18.9 Å². The van der Waals surface area contributed by atoms with E-state index in [0.29, 0.717) is 31.3 Å². The van der Waals surface area contributed by atoms with E-state index < -0.39 is 0 Å². The van der Waals surface area contributed by atoms with Crippen molar-refractivity contribution in [3.63, 3.8) is 0 Å². The SMILES string of the molecule is COCc1noc(CC2CN(c3cc(C)nc4ccnn34)CCO2)n1. The van der Waals surface area contributed by atoms with Crippen molar-refractivity contribution in [2.75, 3.05) is 31.7 Å². The quantitative estimate of drug-likeness (QED) is 0.677. The summed E-state index contributed by atoms with van der Waals surface area (Å²) in [6, 6.07) is 3.95. The Morgan fingerprint density at radius 2 is 2.28 bits per heavy atom. The Hall–Kier alpha value is -2.52. The molecule has 0 amide bonds. The molecule has 0 spiro atoms. The lowest BCUT2D eigenvalue weighted by Crippen LogP contribution is -2.44. The third kappa shape index (κ3) is 3.33. The maximum absolute atomic E-state index is 5.88. The molecule has 9 nitrogen and oxygen atoms in total. The summed E-state index contributed by atoms with van der Waals surface area (Å²) in [5, 5.41) is 8.28. The van der Waals surface area contributed by atoms with Gasteiger partial charge in [0.2, 0.25) is 5.89 Å². The highest BCUT2D eigenvalue weighted by atomic mass is 16.5. The molecule has 9 heteroatoms. The number of ether oxygens (including phenoxy) is 2. The van der Waals surface area contributed by atoms with Crippen molar-refractivity contribution in [1.29, 1.82) is 0 Å². The molecule has 4 heterocycles. The van der Waals surface area contributed by atoms with Gasteiger partial charge >= 0.3 is 0 Å². The number of aryl methyl sites for hydroxylation is 1. The van der Waals surface area contributed by atoms with Crippen LogP contribution in [0.25, 0.3) is 5.65 Å². The fourth-order valence-electron chi connectivity index (χ4n) is 3.05. The standard InChI is InChI=1S/C16H20N6O3/c1-11-7-16(22-14(18-11)3-4-17-22)21-5-6-24-12(9-21)8-15-19-13(10-23-2)20-25-15/h3-4,7,12H,5-6,8-10H2,1-2H3. The molecule has 3 aromatic heterocycles. The van der Waals surface area contributed by atoms with Gasteiger partial charge in [0.05, 0.1) is 25.3 Å². The van der Waals surface area contributed by atoms with E-state index in [1.54, 1.807) is 13.3 Å². The number of aromatic nitrogens is 5. The lowest BCUT2D eigenvalue weighted by molar-refractivity contribution is 0.0358. The molecule has 0 aliphatic carbocycles. The largest absolute Gasteiger partial charge is 0.377 e. The first-order valence-corrected chi connectivity index (χ1v) is 8.21. The Labute approximate surface area is 144 Å². The molecule has 25 heavy (non-hydrogen) atoms. The van der Waals surface area contributed by atoms with Crippen LogP contribution in [-0.2, 0) is 22.5 Å². The number of hydrogen-bond acceptors (Lipinski definition) is 8. The Morgan fingerprint density at radius 3 is 3.16 bits per heavy atom. The monoisotopic (exact) mass is 344 g/mol. The zero-order chi connectivity index (χ0) is 17.2. The second kappa shape index (κ2) is 6.77. The van der Waals surface area contributed by atoms with Crippen molar-refractivity contribution in [2.45, 2.75) is 26.1 Å². The average Bonchev–Trinajstić information content (AvgIpc) is 3.24. The van der Waals surface area contributed by atoms with Crippen LogP contribution in [0.15, 0.2) is 22.9 Å². The maximum atomic E-state index is 5.88. The van der Waals surface area contributed by atoms with Crippen LogP contribution in [0.4, 0.5) is 5.82 Å². The lowest BCUT2D eigenvalue weighted by atomic mass is 10.2. The minimum atomic E-state index is -0.0244. The number of rotatable bonds is 5. The Morgan fingerprint density at radius 1 is 1.36 bits per heavy atom. The average molecular weight is 344 g/mol. The second-order valence-corrected chi connectivity index (χ2v) is 6.04. The van der Waals surface area contributed by atoms with E-state index in [1.807, 2.05) is 23.6 Å². The predicted molar refractivity (Wildman–Crippen MR) is 88.4 cm³/mol.